The highest BCUT2D eigenvalue weighted by atomic mass is 16.6. The first-order valence-electron chi connectivity index (χ1n) is 8.95. The van der Waals surface area contributed by atoms with E-state index in [1.165, 1.54) is 12.2 Å². The Bertz CT molecular complexity index is 728. The highest BCUT2D eigenvalue weighted by molar-refractivity contribution is 5.68. The van der Waals surface area contributed by atoms with E-state index in [0.717, 1.165) is 11.1 Å². The zero-order chi connectivity index (χ0) is 20.9. The molecule has 2 aromatic rings. The molecule has 2 aromatic carbocycles. The van der Waals surface area contributed by atoms with Gasteiger partial charge in [0.2, 0.25) is 0 Å². The van der Waals surface area contributed by atoms with Gasteiger partial charge in [0.15, 0.2) is 12.5 Å². The number of carbonyl (C=O) groups excluding carboxylic acids is 2. The predicted octanol–water partition coefficient (Wildman–Crippen LogP) is 3.88. The van der Waals surface area contributed by atoms with Crippen molar-refractivity contribution in [2.75, 3.05) is 0 Å². The zero-order valence-electron chi connectivity index (χ0n) is 16.0. The Morgan fingerprint density at radius 3 is 1.48 bits per heavy atom. The normalized spacial score (nSPS) is 12.1. The third kappa shape index (κ3) is 8.32. The van der Waals surface area contributed by atoms with E-state index in [-0.39, 0.29) is 13.2 Å². The first kappa shape index (κ1) is 21.7. The number of alkyl carbamates (subject to hydrolysis) is 2. The summed E-state index contributed by atoms with van der Waals surface area (Å²) in [4.78, 5) is 23.9. The van der Waals surface area contributed by atoms with Gasteiger partial charge in [0.25, 0.3) is 0 Å². The molecule has 7 heteroatoms. The van der Waals surface area contributed by atoms with Crippen molar-refractivity contribution in [3.05, 3.63) is 97.1 Å². The SMILES string of the molecule is C=CC(NC(=O)OCc1ccccc1)OC(C=C)NC(=O)OCc1ccccc1. The summed E-state index contributed by atoms with van der Waals surface area (Å²) in [7, 11) is 0. The first-order chi connectivity index (χ1) is 14.1. The van der Waals surface area contributed by atoms with Crippen LogP contribution in [0.2, 0.25) is 0 Å². The van der Waals surface area contributed by atoms with Crippen LogP contribution in [-0.4, -0.2) is 24.6 Å². The van der Waals surface area contributed by atoms with Crippen molar-refractivity contribution in [3.8, 4) is 0 Å². The number of ether oxygens (including phenoxy) is 3. The monoisotopic (exact) mass is 396 g/mol. The molecule has 0 aliphatic carbocycles. The molecule has 152 valence electrons. The van der Waals surface area contributed by atoms with E-state index < -0.39 is 24.6 Å². The van der Waals surface area contributed by atoms with Gasteiger partial charge in [0.1, 0.15) is 13.2 Å². The number of rotatable bonds is 10. The van der Waals surface area contributed by atoms with Crippen molar-refractivity contribution in [3.63, 3.8) is 0 Å². The van der Waals surface area contributed by atoms with Gasteiger partial charge in [-0.25, -0.2) is 9.59 Å². The molecule has 0 saturated heterocycles. The van der Waals surface area contributed by atoms with E-state index >= 15 is 0 Å². The molecule has 0 fully saturated rings. The van der Waals surface area contributed by atoms with Gasteiger partial charge in [-0.1, -0.05) is 73.8 Å². The lowest BCUT2D eigenvalue weighted by molar-refractivity contribution is 0.00239. The number of hydrogen-bond acceptors (Lipinski definition) is 5. The maximum atomic E-state index is 11.9. The molecule has 0 aliphatic rings. The van der Waals surface area contributed by atoms with Gasteiger partial charge in [-0.05, 0) is 23.3 Å². The van der Waals surface area contributed by atoms with Gasteiger partial charge in [0.05, 0.1) is 0 Å². The Morgan fingerprint density at radius 1 is 0.759 bits per heavy atom. The molecule has 2 atom stereocenters. The zero-order valence-corrected chi connectivity index (χ0v) is 16.0. The number of carbonyl (C=O) groups is 2. The average Bonchev–Trinajstić information content (AvgIpc) is 2.76. The summed E-state index contributed by atoms with van der Waals surface area (Å²) in [6, 6.07) is 18.5. The molecule has 0 bridgehead atoms. The minimum Gasteiger partial charge on any atom is -0.445 e. The van der Waals surface area contributed by atoms with Crippen LogP contribution in [0.4, 0.5) is 9.59 Å². The summed E-state index contributed by atoms with van der Waals surface area (Å²) in [5.74, 6) is 0. The fraction of sp³-hybridized carbons (Fsp3) is 0.182. The number of amides is 2. The first-order valence-corrected chi connectivity index (χ1v) is 8.95. The summed E-state index contributed by atoms with van der Waals surface area (Å²) < 4.78 is 15.8. The maximum Gasteiger partial charge on any atom is 0.409 e. The Morgan fingerprint density at radius 2 is 1.14 bits per heavy atom. The lowest BCUT2D eigenvalue weighted by Gasteiger charge is -2.21. The summed E-state index contributed by atoms with van der Waals surface area (Å²) in [6.07, 6.45) is -0.470. The van der Waals surface area contributed by atoms with Gasteiger partial charge in [-0.15, -0.1) is 0 Å². The third-order valence-corrected chi connectivity index (χ3v) is 3.67. The maximum absolute atomic E-state index is 11.9. The van der Waals surface area contributed by atoms with E-state index in [9.17, 15) is 9.59 Å². The van der Waals surface area contributed by atoms with E-state index in [1.807, 2.05) is 60.7 Å². The number of nitrogens with one attached hydrogen (secondary N) is 2. The third-order valence-electron chi connectivity index (χ3n) is 3.67. The fourth-order valence-electron chi connectivity index (χ4n) is 2.22. The number of benzene rings is 2. The highest BCUT2D eigenvalue weighted by Gasteiger charge is 2.17. The predicted molar refractivity (Wildman–Crippen MR) is 109 cm³/mol. The summed E-state index contributed by atoms with van der Waals surface area (Å²) >= 11 is 0. The molecule has 2 N–H and O–H groups in total. The summed E-state index contributed by atoms with van der Waals surface area (Å²) in [5, 5.41) is 4.98. The minimum atomic E-state index is -0.907. The Balaban J connectivity index is 1.75. The second-order valence-electron chi connectivity index (χ2n) is 5.86. The molecule has 0 aromatic heterocycles. The lowest BCUT2D eigenvalue weighted by atomic mass is 10.2. The van der Waals surface area contributed by atoms with Gasteiger partial charge < -0.3 is 14.2 Å². The van der Waals surface area contributed by atoms with Crippen molar-refractivity contribution in [2.45, 2.75) is 25.7 Å². The van der Waals surface area contributed by atoms with E-state index in [1.54, 1.807) is 0 Å². The molecule has 0 heterocycles. The molecule has 2 rings (SSSR count). The van der Waals surface area contributed by atoms with Crippen LogP contribution in [0.3, 0.4) is 0 Å². The highest BCUT2D eigenvalue weighted by Crippen LogP contribution is 2.04. The second-order valence-corrected chi connectivity index (χ2v) is 5.86. The molecule has 0 aliphatic heterocycles. The van der Waals surface area contributed by atoms with Crippen LogP contribution in [0.5, 0.6) is 0 Å². The Labute approximate surface area is 170 Å². The summed E-state index contributed by atoms with van der Waals surface area (Å²) in [5.41, 5.74) is 1.70. The van der Waals surface area contributed by atoms with E-state index in [0.29, 0.717) is 0 Å². The number of hydrogen-bond donors (Lipinski definition) is 2. The van der Waals surface area contributed by atoms with Gasteiger partial charge in [-0.2, -0.15) is 0 Å². The molecule has 0 radical (unpaired) electrons. The second kappa shape index (κ2) is 12.0. The van der Waals surface area contributed by atoms with Crippen LogP contribution in [0.25, 0.3) is 0 Å². The van der Waals surface area contributed by atoms with Crippen LogP contribution in [0, 0.1) is 0 Å². The van der Waals surface area contributed by atoms with Crippen molar-refractivity contribution in [1.82, 2.24) is 10.6 Å². The molecule has 2 unspecified atom stereocenters. The van der Waals surface area contributed by atoms with Crippen LogP contribution in [0.15, 0.2) is 86.0 Å². The van der Waals surface area contributed by atoms with Crippen LogP contribution >= 0.6 is 0 Å². The van der Waals surface area contributed by atoms with Crippen LogP contribution < -0.4 is 10.6 Å². The molecule has 29 heavy (non-hydrogen) atoms. The Hall–Kier alpha value is -3.58. The van der Waals surface area contributed by atoms with Crippen LogP contribution in [0.1, 0.15) is 11.1 Å². The lowest BCUT2D eigenvalue weighted by Crippen LogP contribution is -2.43. The van der Waals surface area contributed by atoms with Crippen molar-refractivity contribution < 1.29 is 23.8 Å². The average molecular weight is 396 g/mol. The standard InChI is InChI=1S/C22H24N2O5/c1-3-19(23-21(25)27-15-17-11-7-5-8-12-17)29-20(4-2)24-22(26)28-16-18-13-9-6-10-14-18/h3-14,19-20H,1-2,15-16H2,(H,23,25)(H,24,26). The van der Waals surface area contributed by atoms with E-state index in [4.69, 9.17) is 14.2 Å². The minimum absolute atomic E-state index is 0.117. The largest absolute Gasteiger partial charge is 0.445 e. The molecule has 2 amide bonds. The molecule has 0 spiro atoms. The molecular formula is C22H24N2O5. The van der Waals surface area contributed by atoms with Crippen molar-refractivity contribution in [1.29, 1.82) is 0 Å². The van der Waals surface area contributed by atoms with Gasteiger partial charge in [0, 0.05) is 0 Å². The fourth-order valence-corrected chi connectivity index (χ4v) is 2.22. The Kier molecular flexibility index (Phi) is 8.98. The topological polar surface area (TPSA) is 85.9 Å². The molecular weight excluding hydrogens is 372 g/mol. The van der Waals surface area contributed by atoms with Gasteiger partial charge >= 0.3 is 12.2 Å². The van der Waals surface area contributed by atoms with Crippen molar-refractivity contribution in [2.24, 2.45) is 0 Å². The molecule has 7 nitrogen and oxygen atoms in total. The van der Waals surface area contributed by atoms with E-state index in [2.05, 4.69) is 23.8 Å². The molecule has 0 saturated carbocycles. The quantitative estimate of drug-likeness (QED) is 0.470. The summed E-state index contributed by atoms with van der Waals surface area (Å²) in [6.45, 7) is 7.44. The smallest absolute Gasteiger partial charge is 0.409 e. The van der Waals surface area contributed by atoms with Crippen molar-refractivity contribution >= 4 is 12.2 Å². The van der Waals surface area contributed by atoms with Gasteiger partial charge in [-0.3, -0.25) is 10.6 Å². The van der Waals surface area contributed by atoms with Crippen LogP contribution in [-0.2, 0) is 27.4 Å².